The summed E-state index contributed by atoms with van der Waals surface area (Å²) in [6, 6.07) is 0. The van der Waals surface area contributed by atoms with Gasteiger partial charge in [0.2, 0.25) is 5.91 Å². The van der Waals surface area contributed by atoms with Gasteiger partial charge in [-0.25, -0.2) is 13.1 Å². The molecule has 1 heterocycles. The fourth-order valence-corrected chi connectivity index (χ4v) is 5.69. The molecular formula is C15H23N3O3S. The lowest BCUT2D eigenvalue weighted by Gasteiger charge is -2.20. The Kier molecular flexibility index (Phi) is 3.79. The van der Waals surface area contributed by atoms with E-state index in [4.69, 9.17) is 0 Å². The molecule has 1 N–H and O–H groups in total. The number of amides is 1. The highest BCUT2D eigenvalue weighted by molar-refractivity contribution is 7.90. The van der Waals surface area contributed by atoms with Crippen molar-refractivity contribution in [1.82, 2.24) is 14.5 Å². The van der Waals surface area contributed by atoms with Crippen LogP contribution in [0.4, 0.5) is 0 Å². The second kappa shape index (κ2) is 5.37. The van der Waals surface area contributed by atoms with Gasteiger partial charge in [0.1, 0.15) is 4.90 Å². The van der Waals surface area contributed by atoms with Crippen molar-refractivity contribution >= 4 is 15.9 Å². The molecule has 6 nitrogen and oxygen atoms in total. The maximum atomic E-state index is 12.4. The molecule has 22 heavy (non-hydrogen) atoms. The summed E-state index contributed by atoms with van der Waals surface area (Å²) < 4.78 is 28.6. The van der Waals surface area contributed by atoms with Crippen molar-refractivity contribution in [1.29, 1.82) is 0 Å². The summed E-state index contributed by atoms with van der Waals surface area (Å²) in [5.41, 5.74) is 0.956. The van der Waals surface area contributed by atoms with Crippen LogP contribution >= 0.6 is 0 Å². The molecule has 0 saturated heterocycles. The van der Waals surface area contributed by atoms with Gasteiger partial charge >= 0.3 is 0 Å². The Balaban J connectivity index is 1.70. The predicted octanol–water partition coefficient (Wildman–Crippen LogP) is 1.67. The monoisotopic (exact) mass is 325 g/mol. The van der Waals surface area contributed by atoms with Crippen molar-refractivity contribution in [3.63, 3.8) is 0 Å². The predicted molar refractivity (Wildman–Crippen MR) is 81.6 cm³/mol. The SMILES string of the molecule is Cc1nn(C)c(C)c1S(=O)(=O)NC(=O)C[C@H]1C[C@H]2CC[C@H]1C2. The number of aryl methyl sites for hydroxylation is 2. The third-order valence-corrected chi connectivity index (χ3v) is 6.92. The number of carbonyl (C=O) groups is 1. The Morgan fingerprint density at radius 1 is 1.32 bits per heavy atom. The van der Waals surface area contributed by atoms with Gasteiger partial charge in [0.05, 0.1) is 11.4 Å². The quantitative estimate of drug-likeness (QED) is 0.913. The molecule has 7 heteroatoms. The molecule has 2 aliphatic carbocycles. The van der Waals surface area contributed by atoms with E-state index in [2.05, 4.69) is 9.82 Å². The minimum atomic E-state index is -3.84. The molecule has 2 bridgehead atoms. The van der Waals surface area contributed by atoms with Crippen molar-refractivity contribution in [2.24, 2.45) is 24.8 Å². The molecule has 0 unspecified atom stereocenters. The highest BCUT2D eigenvalue weighted by Gasteiger charge is 2.40. The van der Waals surface area contributed by atoms with Crippen LogP contribution < -0.4 is 4.72 Å². The lowest BCUT2D eigenvalue weighted by atomic mass is 9.86. The first-order valence-corrected chi connectivity index (χ1v) is 9.32. The van der Waals surface area contributed by atoms with E-state index >= 15 is 0 Å². The largest absolute Gasteiger partial charge is 0.274 e. The number of hydrogen-bond acceptors (Lipinski definition) is 4. The summed E-state index contributed by atoms with van der Waals surface area (Å²) in [5, 5.41) is 4.10. The van der Waals surface area contributed by atoms with Crippen molar-refractivity contribution in [2.45, 2.75) is 50.8 Å². The van der Waals surface area contributed by atoms with Crippen molar-refractivity contribution in [3.05, 3.63) is 11.4 Å². The Morgan fingerprint density at radius 2 is 2.05 bits per heavy atom. The number of sulfonamides is 1. The van der Waals surface area contributed by atoms with Crippen LogP contribution in [0.5, 0.6) is 0 Å². The first-order valence-electron chi connectivity index (χ1n) is 7.83. The Bertz CT molecular complexity index is 708. The van der Waals surface area contributed by atoms with Crippen LogP contribution in [0.2, 0.25) is 0 Å². The number of carbonyl (C=O) groups excluding carboxylic acids is 1. The highest BCUT2D eigenvalue weighted by Crippen LogP contribution is 2.49. The lowest BCUT2D eigenvalue weighted by Crippen LogP contribution is -2.33. The van der Waals surface area contributed by atoms with E-state index in [1.54, 1.807) is 20.9 Å². The van der Waals surface area contributed by atoms with E-state index in [0.29, 0.717) is 29.6 Å². The zero-order valence-electron chi connectivity index (χ0n) is 13.3. The first-order chi connectivity index (χ1) is 10.3. The van der Waals surface area contributed by atoms with E-state index in [-0.39, 0.29) is 10.8 Å². The van der Waals surface area contributed by atoms with Crippen molar-refractivity contribution in [2.75, 3.05) is 0 Å². The second-order valence-electron chi connectivity index (χ2n) is 6.79. The Labute approximate surface area is 131 Å². The molecule has 1 aromatic rings. The zero-order valence-corrected chi connectivity index (χ0v) is 14.1. The topological polar surface area (TPSA) is 81.1 Å². The average molecular weight is 325 g/mol. The van der Waals surface area contributed by atoms with Gasteiger partial charge in [0, 0.05) is 13.5 Å². The average Bonchev–Trinajstić information content (AvgIpc) is 3.04. The summed E-state index contributed by atoms with van der Waals surface area (Å²) in [6.45, 7) is 3.33. The smallest absolute Gasteiger partial charge is 0.267 e. The number of rotatable bonds is 4. The van der Waals surface area contributed by atoms with Gasteiger partial charge in [-0.05, 0) is 50.9 Å². The molecular weight excluding hydrogens is 302 g/mol. The lowest BCUT2D eigenvalue weighted by molar-refractivity contribution is -0.120. The third-order valence-electron chi connectivity index (χ3n) is 5.29. The molecule has 0 radical (unpaired) electrons. The fraction of sp³-hybridized carbons (Fsp3) is 0.733. The molecule has 0 aromatic carbocycles. The van der Waals surface area contributed by atoms with Gasteiger partial charge in [-0.1, -0.05) is 6.42 Å². The Hall–Kier alpha value is -1.37. The molecule has 122 valence electrons. The maximum Gasteiger partial charge on any atom is 0.267 e. The molecule has 3 rings (SSSR count). The van der Waals surface area contributed by atoms with Crippen LogP contribution in [0.3, 0.4) is 0 Å². The van der Waals surface area contributed by atoms with Crippen molar-refractivity contribution < 1.29 is 13.2 Å². The first kappa shape index (κ1) is 15.5. The molecule has 1 aromatic heterocycles. The van der Waals surface area contributed by atoms with Gasteiger partial charge < -0.3 is 0 Å². The molecule has 2 aliphatic rings. The normalized spacial score (nSPS) is 27.3. The summed E-state index contributed by atoms with van der Waals surface area (Å²) >= 11 is 0. The van der Waals surface area contributed by atoms with Gasteiger partial charge in [0.25, 0.3) is 10.0 Å². The van der Waals surface area contributed by atoms with Crippen LogP contribution in [0.1, 0.15) is 43.5 Å². The van der Waals surface area contributed by atoms with E-state index in [1.807, 2.05) is 0 Å². The number of aromatic nitrogens is 2. The number of nitrogens with one attached hydrogen (secondary N) is 1. The number of fused-ring (bicyclic) bond motifs is 2. The number of hydrogen-bond donors (Lipinski definition) is 1. The molecule has 2 fully saturated rings. The zero-order chi connectivity index (χ0) is 16.1. The van der Waals surface area contributed by atoms with Crippen LogP contribution in [-0.4, -0.2) is 24.1 Å². The summed E-state index contributed by atoms with van der Waals surface area (Å²) in [5.74, 6) is 1.33. The van der Waals surface area contributed by atoms with Crippen LogP contribution in [0.15, 0.2) is 4.90 Å². The van der Waals surface area contributed by atoms with E-state index < -0.39 is 10.0 Å². The summed E-state index contributed by atoms with van der Waals surface area (Å²) in [4.78, 5) is 12.3. The molecule has 2 saturated carbocycles. The molecule has 0 spiro atoms. The van der Waals surface area contributed by atoms with Crippen LogP contribution in [-0.2, 0) is 21.9 Å². The van der Waals surface area contributed by atoms with E-state index in [0.717, 1.165) is 12.3 Å². The van der Waals surface area contributed by atoms with Gasteiger partial charge in [0.15, 0.2) is 0 Å². The van der Waals surface area contributed by atoms with Gasteiger partial charge in [-0.15, -0.1) is 0 Å². The summed E-state index contributed by atoms with van der Waals surface area (Å²) in [7, 11) is -2.14. The minimum Gasteiger partial charge on any atom is -0.274 e. The van der Waals surface area contributed by atoms with E-state index in [9.17, 15) is 13.2 Å². The second-order valence-corrected chi connectivity index (χ2v) is 8.41. The van der Waals surface area contributed by atoms with Gasteiger partial charge in [-0.3, -0.25) is 9.48 Å². The van der Waals surface area contributed by atoms with Crippen molar-refractivity contribution in [3.8, 4) is 0 Å². The fourth-order valence-electron chi connectivity index (χ4n) is 4.25. The molecule has 1 amide bonds. The third kappa shape index (κ3) is 2.66. The molecule has 3 atom stereocenters. The standard InChI is InChI=1S/C15H23N3O3S/c1-9-15(10(2)18(3)16-9)22(20,21)17-14(19)8-13-7-11-4-5-12(13)6-11/h11-13H,4-8H2,1-3H3,(H,17,19)/t11-,12-,13+/m0/s1. The Morgan fingerprint density at radius 3 is 2.55 bits per heavy atom. The van der Waals surface area contributed by atoms with Gasteiger partial charge in [-0.2, -0.15) is 5.10 Å². The highest BCUT2D eigenvalue weighted by atomic mass is 32.2. The maximum absolute atomic E-state index is 12.4. The number of nitrogens with zero attached hydrogens (tertiary/aromatic N) is 2. The van der Waals surface area contributed by atoms with Crippen LogP contribution in [0.25, 0.3) is 0 Å². The van der Waals surface area contributed by atoms with Crippen LogP contribution in [0, 0.1) is 31.6 Å². The summed E-state index contributed by atoms with van der Waals surface area (Å²) in [6.07, 6.45) is 5.07. The van der Waals surface area contributed by atoms with E-state index in [1.165, 1.54) is 23.9 Å². The minimum absolute atomic E-state index is 0.122. The molecule has 0 aliphatic heterocycles.